The van der Waals surface area contributed by atoms with Crippen molar-refractivity contribution in [2.24, 2.45) is 5.92 Å². The number of para-hydroxylation sites is 1. The Labute approximate surface area is 109 Å². The summed E-state index contributed by atoms with van der Waals surface area (Å²) in [4.78, 5) is 13.5. The molecule has 1 amide bonds. The van der Waals surface area contributed by atoms with Crippen molar-refractivity contribution < 1.29 is 18.0 Å². The first-order valence-electron chi connectivity index (χ1n) is 6.02. The first-order valence-corrected chi connectivity index (χ1v) is 6.02. The fourth-order valence-corrected chi connectivity index (χ4v) is 1.98. The van der Waals surface area contributed by atoms with E-state index in [9.17, 15) is 18.0 Å². The molecule has 1 aliphatic carbocycles. The third-order valence-corrected chi connectivity index (χ3v) is 3.22. The molecule has 1 saturated carbocycles. The number of anilines is 1. The molecule has 0 saturated heterocycles. The quantitative estimate of drug-likeness (QED) is 0.860. The number of carbonyl (C=O) groups excluding carboxylic acids is 1. The first-order chi connectivity index (χ1) is 8.80. The highest BCUT2D eigenvalue weighted by molar-refractivity contribution is 5.99. The van der Waals surface area contributed by atoms with Crippen LogP contribution in [0.15, 0.2) is 18.2 Å². The zero-order valence-corrected chi connectivity index (χ0v) is 10.5. The van der Waals surface area contributed by atoms with Gasteiger partial charge in [-0.15, -0.1) is 0 Å². The van der Waals surface area contributed by atoms with Crippen molar-refractivity contribution in [1.82, 2.24) is 4.90 Å². The highest BCUT2D eigenvalue weighted by Crippen LogP contribution is 2.35. The molecule has 0 spiro atoms. The van der Waals surface area contributed by atoms with Crippen molar-refractivity contribution in [1.29, 1.82) is 0 Å². The fourth-order valence-electron chi connectivity index (χ4n) is 1.98. The van der Waals surface area contributed by atoms with Gasteiger partial charge in [-0.25, -0.2) is 0 Å². The number of nitrogens with two attached hydrogens (primary N) is 1. The minimum absolute atomic E-state index is 0.0852. The van der Waals surface area contributed by atoms with Crippen LogP contribution in [0.4, 0.5) is 18.9 Å². The van der Waals surface area contributed by atoms with Crippen molar-refractivity contribution in [3.63, 3.8) is 0 Å². The van der Waals surface area contributed by atoms with Crippen LogP contribution in [-0.2, 0) is 6.18 Å². The van der Waals surface area contributed by atoms with Crippen LogP contribution in [0, 0.1) is 5.92 Å². The number of halogens is 3. The molecular weight excluding hydrogens is 257 g/mol. The van der Waals surface area contributed by atoms with Crippen LogP contribution < -0.4 is 5.73 Å². The monoisotopic (exact) mass is 272 g/mol. The van der Waals surface area contributed by atoms with Gasteiger partial charge in [-0.2, -0.15) is 13.2 Å². The lowest BCUT2D eigenvalue weighted by molar-refractivity contribution is -0.136. The molecule has 104 valence electrons. The molecule has 0 heterocycles. The van der Waals surface area contributed by atoms with E-state index in [-0.39, 0.29) is 5.56 Å². The average molecular weight is 272 g/mol. The third-order valence-electron chi connectivity index (χ3n) is 3.22. The van der Waals surface area contributed by atoms with E-state index in [2.05, 4.69) is 0 Å². The van der Waals surface area contributed by atoms with Crippen molar-refractivity contribution in [2.75, 3.05) is 19.3 Å². The van der Waals surface area contributed by atoms with E-state index in [0.29, 0.717) is 12.5 Å². The minimum atomic E-state index is -4.55. The molecule has 6 heteroatoms. The Bertz CT molecular complexity index is 495. The van der Waals surface area contributed by atoms with Gasteiger partial charge in [-0.3, -0.25) is 4.79 Å². The SMILES string of the molecule is CN(CC1CC1)C(=O)c1cccc(C(F)(F)F)c1N. The van der Waals surface area contributed by atoms with Gasteiger partial charge in [0.05, 0.1) is 16.8 Å². The second-order valence-corrected chi connectivity index (χ2v) is 4.89. The maximum atomic E-state index is 12.7. The van der Waals surface area contributed by atoms with Crippen LogP contribution in [0.3, 0.4) is 0 Å². The summed E-state index contributed by atoms with van der Waals surface area (Å²) in [6.45, 7) is 0.564. The Morgan fingerprint density at radius 3 is 2.58 bits per heavy atom. The van der Waals surface area contributed by atoms with Gasteiger partial charge in [0.15, 0.2) is 0 Å². The molecule has 0 atom stereocenters. The van der Waals surface area contributed by atoms with Crippen LogP contribution in [0.25, 0.3) is 0 Å². The number of rotatable bonds is 3. The Kier molecular flexibility index (Phi) is 3.43. The Morgan fingerprint density at radius 1 is 1.42 bits per heavy atom. The lowest BCUT2D eigenvalue weighted by Crippen LogP contribution is -2.30. The van der Waals surface area contributed by atoms with Gasteiger partial charge in [-0.1, -0.05) is 6.07 Å². The largest absolute Gasteiger partial charge is 0.418 e. The van der Waals surface area contributed by atoms with Crippen molar-refractivity contribution in [3.8, 4) is 0 Å². The molecule has 0 aromatic heterocycles. The number of hydrogen-bond acceptors (Lipinski definition) is 2. The van der Waals surface area contributed by atoms with Crippen LogP contribution in [0.5, 0.6) is 0 Å². The van der Waals surface area contributed by atoms with E-state index < -0.39 is 23.3 Å². The van der Waals surface area contributed by atoms with E-state index in [0.717, 1.165) is 18.9 Å². The second kappa shape index (κ2) is 4.75. The normalized spacial score (nSPS) is 15.4. The molecule has 0 bridgehead atoms. The molecule has 1 fully saturated rings. The topological polar surface area (TPSA) is 46.3 Å². The number of nitrogens with zero attached hydrogens (tertiary/aromatic N) is 1. The summed E-state index contributed by atoms with van der Waals surface area (Å²) in [6.07, 6.45) is -2.42. The molecule has 1 aliphatic rings. The lowest BCUT2D eigenvalue weighted by Gasteiger charge is -2.19. The molecule has 2 rings (SSSR count). The number of carbonyl (C=O) groups is 1. The molecule has 1 aromatic carbocycles. The average Bonchev–Trinajstić information content (AvgIpc) is 3.10. The predicted molar refractivity (Wildman–Crippen MR) is 65.5 cm³/mol. The van der Waals surface area contributed by atoms with Crippen LogP contribution in [0.2, 0.25) is 0 Å². The van der Waals surface area contributed by atoms with Crippen LogP contribution in [0.1, 0.15) is 28.8 Å². The Hall–Kier alpha value is -1.72. The van der Waals surface area contributed by atoms with Crippen molar-refractivity contribution in [3.05, 3.63) is 29.3 Å². The minimum Gasteiger partial charge on any atom is -0.398 e. The molecular formula is C13H15F3N2O. The molecule has 0 unspecified atom stereocenters. The zero-order chi connectivity index (χ0) is 14.2. The predicted octanol–water partition coefficient (Wildman–Crippen LogP) is 2.77. The molecule has 1 aromatic rings. The summed E-state index contributed by atoms with van der Waals surface area (Å²) in [5.74, 6) is 0.0106. The van der Waals surface area contributed by atoms with Crippen LogP contribution >= 0.6 is 0 Å². The van der Waals surface area contributed by atoms with E-state index in [1.54, 1.807) is 7.05 Å². The Morgan fingerprint density at radius 2 is 2.05 bits per heavy atom. The molecule has 0 aliphatic heterocycles. The smallest absolute Gasteiger partial charge is 0.398 e. The van der Waals surface area contributed by atoms with Crippen LogP contribution in [-0.4, -0.2) is 24.4 Å². The number of nitrogen functional groups attached to an aromatic ring is 1. The van der Waals surface area contributed by atoms with Gasteiger partial charge in [-0.05, 0) is 30.9 Å². The van der Waals surface area contributed by atoms with Gasteiger partial charge in [0.1, 0.15) is 0 Å². The van der Waals surface area contributed by atoms with E-state index in [1.807, 2.05) is 0 Å². The summed E-state index contributed by atoms with van der Waals surface area (Å²) < 4.78 is 38.1. The maximum absolute atomic E-state index is 12.7. The number of alkyl halides is 3. The van der Waals surface area contributed by atoms with Gasteiger partial charge in [0.25, 0.3) is 5.91 Å². The summed E-state index contributed by atoms with van der Waals surface area (Å²) >= 11 is 0. The second-order valence-electron chi connectivity index (χ2n) is 4.89. The molecule has 19 heavy (non-hydrogen) atoms. The van der Waals surface area contributed by atoms with E-state index >= 15 is 0 Å². The summed E-state index contributed by atoms with van der Waals surface area (Å²) in [6, 6.07) is 3.42. The van der Waals surface area contributed by atoms with Gasteiger partial charge < -0.3 is 10.6 Å². The number of amides is 1. The number of hydrogen-bond donors (Lipinski definition) is 1. The van der Waals surface area contributed by atoms with Crippen molar-refractivity contribution in [2.45, 2.75) is 19.0 Å². The standard InChI is InChI=1S/C13H15F3N2O/c1-18(7-8-5-6-8)12(19)9-3-2-4-10(11(9)17)13(14,15)16/h2-4,8H,5-7,17H2,1H3. The number of benzene rings is 1. The molecule has 0 radical (unpaired) electrons. The third kappa shape index (κ3) is 3.00. The lowest BCUT2D eigenvalue weighted by atomic mass is 10.1. The maximum Gasteiger partial charge on any atom is 0.418 e. The van der Waals surface area contributed by atoms with Gasteiger partial charge in [0.2, 0.25) is 0 Å². The fraction of sp³-hybridized carbons (Fsp3) is 0.462. The van der Waals surface area contributed by atoms with Gasteiger partial charge >= 0.3 is 6.18 Å². The summed E-state index contributed by atoms with van der Waals surface area (Å²) in [5.41, 5.74) is 3.94. The van der Waals surface area contributed by atoms with E-state index in [1.165, 1.54) is 17.0 Å². The highest BCUT2D eigenvalue weighted by atomic mass is 19.4. The highest BCUT2D eigenvalue weighted by Gasteiger charge is 2.35. The van der Waals surface area contributed by atoms with Crippen molar-refractivity contribution >= 4 is 11.6 Å². The first kappa shape index (κ1) is 13.7. The van der Waals surface area contributed by atoms with Gasteiger partial charge in [0, 0.05) is 13.6 Å². The molecule has 3 nitrogen and oxygen atoms in total. The zero-order valence-electron chi connectivity index (χ0n) is 10.5. The summed E-state index contributed by atoms with van der Waals surface area (Å²) in [5, 5.41) is 0. The summed E-state index contributed by atoms with van der Waals surface area (Å²) in [7, 11) is 1.58. The van der Waals surface area contributed by atoms with E-state index in [4.69, 9.17) is 5.73 Å². The Balaban J connectivity index is 2.26. The molecule has 2 N–H and O–H groups in total.